The second kappa shape index (κ2) is 10.6. The van der Waals surface area contributed by atoms with Crippen molar-refractivity contribution in [2.45, 2.75) is 38.3 Å². The molecule has 38 heavy (non-hydrogen) atoms. The minimum atomic E-state index is -5.76. The van der Waals surface area contributed by atoms with Crippen molar-refractivity contribution in [1.82, 2.24) is 0 Å². The van der Waals surface area contributed by atoms with Gasteiger partial charge in [0.25, 0.3) is 0 Å². The van der Waals surface area contributed by atoms with Crippen molar-refractivity contribution in [2.24, 2.45) is 0 Å². The molecule has 3 aromatic rings. The quantitative estimate of drug-likeness (QED) is 0.199. The molecule has 1 aliphatic heterocycles. The summed E-state index contributed by atoms with van der Waals surface area (Å²) in [5, 5.41) is 0. The monoisotopic (exact) mass is 550 g/mol. The van der Waals surface area contributed by atoms with E-state index in [-0.39, 0.29) is 24.9 Å². The van der Waals surface area contributed by atoms with Gasteiger partial charge in [-0.2, -0.15) is 21.6 Å². The average Bonchev–Trinajstić information content (AvgIpc) is 3.23. The second-order valence-corrected chi connectivity index (χ2v) is 10.4. The van der Waals surface area contributed by atoms with Crippen molar-refractivity contribution in [3.63, 3.8) is 0 Å². The lowest BCUT2D eigenvalue weighted by atomic mass is 9.94. The Morgan fingerprint density at radius 3 is 2.39 bits per heavy atom. The van der Waals surface area contributed by atoms with Crippen molar-refractivity contribution in [3.05, 3.63) is 76.9 Å². The van der Waals surface area contributed by atoms with Gasteiger partial charge in [0.05, 0.1) is 20.1 Å². The summed E-state index contributed by atoms with van der Waals surface area (Å²) in [4.78, 5) is 11.6. The SMILES string of the molecule is COC(=O)CC1COc2cc(OCc3cccc(-c4c(C)cc(OS(=O)(=O)C(F)(F)F)cc4C)c3)ccc21. The van der Waals surface area contributed by atoms with E-state index >= 15 is 0 Å². The van der Waals surface area contributed by atoms with Gasteiger partial charge in [0.2, 0.25) is 0 Å². The fourth-order valence-corrected chi connectivity index (χ4v) is 4.83. The lowest BCUT2D eigenvalue weighted by Gasteiger charge is -2.15. The molecule has 0 N–H and O–H groups in total. The van der Waals surface area contributed by atoms with Crippen LogP contribution in [0.25, 0.3) is 11.1 Å². The highest BCUT2D eigenvalue weighted by atomic mass is 32.2. The molecule has 0 aliphatic carbocycles. The number of benzene rings is 3. The van der Waals surface area contributed by atoms with Gasteiger partial charge >= 0.3 is 21.6 Å². The first-order valence-corrected chi connectivity index (χ1v) is 13.0. The molecule has 4 rings (SSSR count). The van der Waals surface area contributed by atoms with Gasteiger partial charge in [0.15, 0.2) is 0 Å². The first-order chi connectivity index (χ1) is 17.9. The molecule has 0 fully saturated rings. The molecule has 3 aromatic carbocycles. The summed E-state index contributed by atoms with van der Waals surface area (Å²) >= 11 is 0. The van der Waals surface area contributed by atoms with E-state index in [1.807, 2.05) is 36.4 Å². The predicted octanol–water partition coefficient (Wildman–Crippen LogP) is 5.82. The highest BCUT2D eigenvalue weighted by Gasteiger charge is 2.48. The number of fused-ring (bicyclic) bond motifs is 1. The minimum absolute atomic E-state index is 0.0694. The summed E-state index contributed by atoms with van der Waals surface area (Å²) < 4.78 is 81.5. The number of halogens is 3. The maximum Gasteiger partial charge on any atom is 0.534 e. The van der Waals surface area contributed by atoms with E-state index in [1.165, 1.54) is 19.2 Å². The predicted molar refractivity (Wildman–Crippen MR) is 133 cm³/mol. The number of carbonyl (C=O) groups is 1. The number of esters is 1. The third kappa shape index (κ3) is 5.88. The van der Waals surface area contributed by atoms with Gasteiger partial charge < -0.3 is 18.4 Å². The van der Waals surface area contributed by atoms with Gasteiger partial charge in [-0.05, 0) is 65.9 Å². The Hall–Kier alpha value is -3.73. The third-order valence-corrected chi connectivity index (χ3v) is 7.10. The highest BCUT2D eigenvalue weighted by molar-refractivity contribution is 7.88. The lowest BCUT2D eigenvalue weighted by Crippen LogP contribution is -2.28. The number of rotatable bonds is 8. The van der Waals surface area contributed by atoms with Crippen LogP contribution in [0.4, 0.5) is 13.2 Å². The molecule has 0 radical (unpaired) electrons. The van der Waals surface area contributed by atoms with Crippen LogP contribution in [0.1, 0.15) is 34.6 Å². The van der Waals surface area contributed by atoms with Crippen LogP contribution in [-0.2, 0) is 26.3 Å². The Bertz CT molecular complexity index is 1440. The smallest absolute Gasteiger partial charge is 0.492 e. The van der Waals surface area contributed by atoms with Crippen LogP contribution < -0.4 is 13.7 Å². The van der Waals surface area contributed by atoms with Gasteiger partial charge in [0.1, 0.15) is 23.9 Å². The van der Waals surface area contributed by atoms with Crippen molar-refractivity contribution >= 4 is 16.1 Å². The van der Waals surface area contributed by atoms with Crippen LogP contribution in [0.2, 0.25) is 0 Å². The molecule has 0 bridgehead atoms. The fourth-order valence-electron chi connectivity index (χ4n) is 4.38. The molecule has 1 aliphatic rings. The number of hydrogen-bond acceptors (Lipinski definition) is 7. The fraction of sp³-hybridized carbons (Fsp3) is 0.296. The molecule has 0 saturated heterocycles. The molecule has 11 heteroatoms. The second-order valence-electron chi connectivity index (χ2n) is 8.89. The van der Waals surface area contributed by atoms with Crippen LogP contribution in [0.5, 0.6) is 17.2 Å². The van der Waals surface area contributed by atoms with Crippen molar-refractivity contribution in [2.75, 3.05) is 13.7 Å². The topological polar surface area (TPSA) is 88.1 Å². The Morgan fingerprint density at radius 1 is 1.03 bits per heavy atom. The molecule has 0 spiro atoms. The normalized spacial score (nSPS) is 14.9. The third-order valence-electron chi connectivity index (χ3n) is 6.12. The van der Waals surface area contributed by atoms with Gasteiger partial charge in [-0.1, -0.05) is 24.3 Å². The van der Waals surface area contributed by atoms with E-state index in [9.17, 15) is 26.4 Å². The Labute approximate surface area is 218 Å². The number of aryl methyl sites for hydroxylation is 2. The maximum atomic E-state index is 12.7. The summed E-state index contributed by atoms with van der Waals surface area (Å²) in [7, 11) is -4.41. The van der Waals surface area contributed by atoms with Crippen molar-refractivity contribution < 1.29 is 44.8 Å². The zero-order valence-corrected chi connectivity index (χ0v) is 21.6. The van der Waals surface area contributed by atoms with Crippen LogP contribution in [-0.4, -0.2) is 33.6 Å². The molecular formula is C27H25F3O7S. The molecule has 1 heterocycles. The number of hydrogen-bond donors (Lipinski definition) is 0. The van der Waals surface area contributed by atoms with E-state index in [0.717, 1.165) is 22.3 Å². The van der Waals surface area contributed by atoms with Crippen LogP contribution in [0, 0.1) is 13.8 Å². The van der Waals surface area contributed by atoms with Crippen molar-refractivity contribution in [1.29, 1.82) is 0 Å². The van der Waals surface area contributed by atoms with E-state index in [2.05, 4.69) is 4.18 Å². The molecule has 1 atom stereocenters. The Morgan fingerprint density at radius 2 is 1.74 bits per heavy atom. The van der Waals surface area contributed by atoms with Crippen LogP contribution >= 0.6 is 0 Å². The van der Waals surface area contributed by atoms with E-state index in [1.54, 1.807) is 19.9 Å². The minimum Gasteiger partial charge on any atom is -0.492 e. The largest absolute Gasteiger partial charge is 0.534 e. The molecule has 0 amide bonds. The number of carbonyl (C=O) groups excluding carboxylic acids is 1. The Kier molecular flexibility index (Phi) is 7.59. The van der Waals surface area contributed by atoms with Crippen LogP contribution in [0.3, 0.4) is 0 Å². The molecule has 7 nitrogen and oxygen atoms in total. The molecule has 1 unspecified atom stereocenters. The number of ether oxygens (including phenoxy) is 3. The highest BCUT2D eigenvalue weighted by Crippen LogP contribution is 2.39. The summed E-state index contributed by atoms with van der Waals surface area (Å²) in [6, 6.07) is 15.4. The number of methoxy groups -OCH3 is 1. The van der Waals surface area contributed by atoms with Gasteiger partial charge in [-0.15, -0.1) is 0 Å². The molecular weight excluding hydrogens is 525 g/mol. The lowest BCUT2D eigenvalue weighted by molar-refractivity contribution is -0.141. The maximum absolute atomic E-state index is 12.7. The zero-order valence-electron chi connectivity index (χ0n) is 20.8. The van der Waals surface area contributed by atoms with Crippen LogP contribution in [0.15, 0.2) is 54.6 Å². The summed E-state index contributed by atoms with van der Waals surface area (Å²) in [5.41, 5.74) is -1.13. The first-order valence-electron chi connectivity index (χ1n) is 11.6. The number of alkyl halides is 3. The van der Waals surface area contributed by atoms with E-state index < -0.39 is 21.4 Å². The summed E-state index contributed by atoms with van der Waals surface area (Å²) in [5.74, 6) is 0.470. The molecule has 0 aromatic heterocycles. The van der Waals surface area contributed by atoms with Gasteiger partial charge in [0, 0.05) is 17.5 Å². The average molecular weight is 551 g/mol. The zero-order chi connectivity index (χ0) is 27.7. The molecule has 202 valence electrons. The van der Waals surface area contributed by atoms with Gasteiger partial charge in [-0.3, -0.25) is 4.79 Å². The standard InChI is InChI=1S/C27H25F3O7S/c1-16-9-22(37-38(32,33)27(28,29)30)10-17(2)26(16)19-6-4-5-18(11-19)14-35-21-7-8-23-20(12-25(31)34-3)15-36-24(23)13-21/h4-11,13,20H,12,14-15H2,1-3H3. The van der Waals surface area contributed by atoms with E-state index in [0.29, 0.717) is 29.2 Å². The summed E-state index contributed by atoms with van der Waals surface area (Å²) in [6.07, 6.45) is 0.237. The molecule has 0 saturated carbocycles. The Balaban J connectivity index is 1.48. The van der Waals surface area contributed by atoms with Gasteiger partial charge in [-0.25, -0.2) is 0 Å². The van der Waals surface area contributed by atoms with E-state index in [4.69, 9.17) is 14.2 Å². The summed E-state index contributed by atoms with van der Waals surface area (Å²) in [6.45, 7) is 3.95. The first kappa shape index (κ1) is 27.3. The van der Waals surface area contributed by atoms with Crippen molar-refractivity contribution in [3.8, 4) is 28.4 Å².